The Kier molecular flexibility index (Phi) is 2.86. The van der Waals surface area contributed by atoms with Crippen molar-refractivity contribution in [2.45, 2.75) is 20.3 Å². The summed E-state index contributed by atoms with van der Waals surface area (Å²) in [5.74, 6) is 0. The highest BCUT2D eigenvalue weighted by Crippen LogP contribution is 1.97. The molecule has 2 nitrogen and oxygen atoms in total. The van der Waals surface area contributed by atoms with Crippen molar-refractivity contribution in [1.82, 2.24) is 0 Å². The summed E-state index contributed by atoms with van der Waals surface area (Å²) in [6, 6.07) is 3.51. The third kappa shape index (κ3) is 2.38. The molecule has 1 heterocycles. The van der Waals surface area contributed by atoms with Crippen LogP contribution < -0.4 is 5.63 Å². The molecule has 0 N–H and O–H groups in total. The third-order valence-electron chi connectivity index (χ3n) is 1.54. The van der Waals surface area contributed by atoms with Crippen molar-refractivity contribution in [3.05, 3.63) is 46.0 Å². The molecule has 0 spiro atoms. The molecule has 1 aromatic rings. The molecular weight excluding hydrogens is 152 g/mol. The number of hydrogen-bond acceptors (Lipinski definition) is 2. The summed E-state index contributed by atoms with van der Waals surface area (Å²) >= 11 is 0. The second-order valence-corrected chi connectivity index (χ2v) is 2.91. The fourth-order valence-electron chi connectivity index (χ4n) is 0.866. The molecule has 0 radical (unpaired) electrons. The van der Waals surface area contributed by atoms with E-state index in [0.717, 1.165) is 0 Å². The van der Waals surface area contributed by atoms with Crippen LogP contribution in [0.1, 0.15) is 19.4 Å². The lowest BCUT2D eigenvalue weighted by Crippen LogP contribution is -2.04. The molecule has 0 aromatic carbocycles. The fourth-order valence-corrected chi connectivity index (χ4v) is 0.866. The molecule has 12 heavy (non-hydrogen) atoms. The zero-order chi connectivity index (χ0) is 8.97. The highest BCUT2D eigenvalue weighted by atomic mass is 16.4. The van der Waals surface area contributed by atoms with Crippen LogP contribution in [0.2, 0.25) is 0 Å². The van der Waals surface area contributed by atoms with Crippen LogP contribution in [0, 0.1) is 0 Å². The second-order valence-electron chi connectivity index (χ2n) is 2.91. The molecule has 0 saturated carbocycles. The van der Waals surface area contributed by atoms with Gasteiger partial charge in [-0.3, -0.25) is 0 Å². The Morgan fingerprint density at radius 2 is 2.33 bits per heavy atom. The summed E-state index contributed by atoms with van der Waals surface area (Å²) in [5, 5.41) is 0. The summed E-state index contributed by atoms with van der Waals surface area (Å²) in [5.41, 5.74) is 1.67. The molecule has 2 heteroatoms. The van der Waals surface area contributed by atoms with Crippen LogP contribution in [0.5, 0.6) is 0 Å². The molecule has 1 aromatic heterocycles. The van der Waals surface area contributed by atoms with E-state index in [1.54, 1.807) is 12.1 Å². The normalized spacial score (nSPS) is 9.50. The van der Waals surface area contributed by atoms with E-state index in [4.69, 9.17) is 4.42 Å². The van der Waals surface area contributed by atoms with E-state index in [2.05, 4.69) is 0 Å². The molecule has 0 atom stereocenters. The van der Waals surface area contributed by atoms with Crippen LogP contribution in [0.15, 0.2) is 39.3 Å². The molecule has 1 rings (SSSR count). The quantitative estimate of drug-likeness (QED) is 0.627. The monoisotopic (exact) mass is 164 g/mol. The number of rotatable bonds is 2. The molecule has 0 aliphatic carbocycles. The van der Waals surface area contributed by atoms with E-state index < -0.39 is 0 Å². The fraction of sp³-hybridized carbons (Fsp3) is 0.300. The maximum Gasteiger partial charge on any atom is 0.339 e. The third-order valence-corrected chi connectivity index (χ3v) is 1.54. The maximum atomic E-state index is 11.0. The van der Waals surface area contributed by atoms with Gasteiger partial charge >= 0.3 is 5.63 Å². The minimum atomic E-state index is -0.241. The van der Waals surface area contributed by atoms with Gasteiger partial charge in [-0.05, 0) is 32.4 Å². The summed E-state index contributed by atoms with van der Waals surface area (Å²) in [6.45, 7) is 4.01. The maximum absolute atomic E-state index is 11.0. The lowest BCUT2D eigenvalue weighted by Gasteiger charge is -1.93. The first-order valence-electron chi connectivity index (χ1n) is 3.90. The zero-order valence-corrected chi connectivity index (χ0v) is 7.33. The summed E-state index contributed by atoms with van der Waals surface area (Å²) in [6.07, 6.45) is 4.06. The highest BCUT2D eigenvalue weighted by molar-refractivity contribution is 5.12. The van der Waals surface area contributed by atoms with Crippen molar-refractivity contribution in [1.29, 1.82) is 0 Å². The Labute approximate surface area is 71.5 Å². The molecule has 0 unspecified atom stereocenters. The van der Waals surface area contributed by atoms with E-state index >= 15 is 0 Å². The molecule has 0 aliphatic heterocycles. The molecular formula is C10H12O2. The zero-order valence-electron chi connectivity index (χ0n) is 7.33. The van der Waals surface area contributed by atoms with E-state index in [-0.39, 0.29) is 5.63 Å². The topological polar surface area (TPSA) is 30.2 Å². The second kappa shape index (κ2) is 3.90. The van der Waals surface area contributed by atoms with Crippen LogP contribution in [0.25, 0.3) is 0 Å². The van der Waals surface area contributed by atoms with Crippen LogP contribution in [0.4, 0.5) is 0 Å². The van der Waals surface area contributed by atoms with E-state index in [1.165, 1.54) is 11.8 Å². The van der Waals surface area contributed by atoms with Crippen LogP contribution in [-0.2, 0) is 6.42 Å². The van der Waals surface area contributed by atoms with Crippen molar-refractivity contribution in [3.63, 3.8) is 0 Å². The van der Waals surface area contributed by atoms with Crippen LogP contribution >= 0.6 is 0 Å². The van der Waals surface area contributed by atoms with Gasteiger partial charge in [0.15, 0.2) is 0 Å². The molecule has 0 aliphatic rings. The average molecular weight is 164 g/mol. The van der Waals surface area contributed by atoms with Crippen LogP contribution in [-0.4, -0.2) is 0 Å². The van der Waals surface area contributed by atoms with Gasteiger partial charge in [0.1, 0.15) is 0 Å². The van der Waals surface area contributed by atoms with Crippen LogP contribution in [0.3, 0.4) is 0 Å². The summed E-state index contributed by atoms with van der Waals surface area (Å²) < 4.78 is 4.71. The summed E-state index contributed by atoms with van der Waals surface area (Å²) in [4.78, 5) is 11.0. The minimum absolute atomic E-state index is 0.241. The van der Waals surface area contributed by atoms with E-state index in [9.17, 15) is 4.79 Å². The standard InChI is InChI=1S/C10H12O2/c1-8(2)5-6-9-4-3-7-12-10(9)11/h3-5,7H,6H2,1-2H3. The SMILES string of the molecule is CC(C)=CCc1cccoc1=O. The molecule has 64 valence electrons. The van der Waals surface area contributed by atoms with Gasteiger partial charge in [-0.2, -0.15) is 0 Å². The molecule has 0 bridgehead atoms. The Morgan fingerprint density at radius 1 is 1.58 bits per heavy atom. The Morgan fingerprint density at radius 3 is 2.92 bits per heavy atom. The molecule has 0 fully saturated rings. The molecule has 0 saturated heterocycles. The van der Waals surface area contributed by atoms with Gasteiger partial charge < -0.3 is 4.42 Å². The largest absolute Gasteiger partial charge is 0.431 e. The van der Waals surface area contributed by atoms with Gasteiger partial charge in [-0.15, -0.1) is 0 Å². The lowest BCUT2D eigenvalue weighted by atomic mass is 10.2. The molecule has 0 amide bonds. The number of allylic oxidation sites excluding steroid dienone is 2. The van der Waals surface area contributed by atoms with Crippen molar-refractivity contribution < 1.29 is 4.42 Å². The Hall–Kier alpha value is -1.31. The van der Waals surface area contributed by atoms with Gasteiger partial charge in [0.25, 0.3) is 0 Å². The number of hydrogen-bond donors (Lipinski definition) is 0. The van der Waals surface area contributed by atoms with Crippen molar-refractivity contribution >= 4 is 0 Å². The average Bonchev–Trinajstić information content (AvgIpc) is 2.03. The predicted octanol–water partition coefficient (Wildman–Crippen LogP) is 2.15. The first kappa shape index (κ1) is 8.78. The lowest BCUT2D eigenvalue weighted by molar-refractivity contribution is 0.503. The van der Waals surface area contributed by atoms with Crippen molar-refractivity contribution in [2.24, 2.45) is 0 Å². The van der Waals surface area contributed by atoms with Gasteiger partial charge in [-0.1, -0.05) is 11.6 Å². The van der Waals surface area contributed by atoms with E-state index in [0.29, 0.717) is 12.0 Å². The smallest absolute Gasteiger partial charge is 0.339 e. The van der Waals surface area contributed by atoms with Gasteiger partial charge in [-0.25, -0.2) is 4.79 Å². The highest BCUT2D eigenvalue weighted by Gasteiger charge is 1.95. The first-order chi connectivity index (χ1) is 5.70. The van der Waals surface area contributed by atoms with Gasteiger partial charge in [0.05, 0.1) is 6.26 Å². The van der Waals surface area contributed by atoms with E-state index in [1.807, 2.05) is 19.9 Å². The first-order valence-corrected chi connectivity index (χ1v) is 3.90. The Balaban J connectivity index is 2.84. The minimum Gasteiger partial charge on any atom is -0.431 e. The van der Waals surface area contributed by atoms with Gasteiger partial charge in [0.2, 0.25) is 0 Å². The summed E-state index contributed by atoms with van der Waals surface area (Å²) in [7, 11) is 0. The Bertz CT molecular complexity index is 330. The predicted molar refractivity (Wildman–Crippen MR) is 48.1 cm³/mol. The van der Waals surface area contributed by atoms with Crippen molar-refractivity contribution in [2.75, 3.05) is 0 Å². The van der Waals surface area contributed by atoms with Gasteiger partial charge in [0, 0.05) is 5.56 Å². The van der Waals surface area contributed by atoms with Crippen molar-refractivity contribution in [3.8, 4) is 0 Å².